The Morgan fingerprint density at radius 2 is 2.08 bits per heavy atom. The maximum atomic E-state index is 12.5. The Labute approximate surface area is 142 Å². The molecule has 0 spiro atoms. The van der Waals surface area contributed by atoms with E-state index in [2.05, 4.69) is 31.3 Å². The second kappa shape index (κ2) is 7.32. The van der Waals surface area contributed by atoms with Crippen molar-refractivity contribution in [2.75, 3.05) is 19.0 Å². The van der Waals surface area contributed by atoms with Crippen LogP contribution in [0.1, 0.15) is 18.6 Å². The Morgan fingerprint density at radius 3 is 2.60 bits per heavy atom. The molecule has 0 saturated heterocycles. The molecule has 2 rings (SSSR count). The number of allylic oxidation sites excluding steroid dienone is 5. The van der Waals surface area contributed by atoms with Crippen LogP contribution in [0.15, 0.2) is 41.2 Å². The smallest absolute Gasteiger partial charge is 0.346 e. The third-order valence-corrected chi connectivity index (χ3v) is 3.03. The first-order valence-electron chi connectivity index (χ1n) is 7.18. The first-order chi connectivity index (χ1) is 11.7. The lowest BCUT2D eigenvalue weighted by Crippen LogP contribution is -2.11. The highest BCUT2D eigenvalue weighted by atomic mass is 19.4. The number of anilines is 1. The molecule has 0 atom stereocenters. The van der Waals surface area contributed by atoms with Crippen LogP contribution in [-0.2, 0) is 12.7 Å². The van der Waals surface area contributed by atoms with Crippen LogP contribution in [0, 0.1) is 0 Å². The minimum absolute atomic E-state index is 0.179. The van der Waals surface area contributed by atoms with E-state index in [0.717, 1.165) is 5.57 Å². The Hall–Kier alpha value is -2.91. The molecule has 0 saturated carbocycles. The summed E-state index contributed by atoms with van der Waals surface area (Å²) in [6, 6.07) is 0. The minimum atomic E-state index is -4.68. The lowest BCUT2D eigenvalue weighted by atomic mass is 10.2. The van der Waals surface area contributed by atoms with Crippen molar-refractivity contribution in [1.82, 2.24) is 24.9 Å². The SMILES string of the molecule is C=C/C(=C\C=C(/C)Cn1cnc(N(C)C)n1)c1noc(C(F)(F)F)n1. The Balaban J connectivity index is 2.14. The van der Waals surface area contributed by atoms with Crippen LogP contribution < -0.4 is 4.90 Å². The number of hydrogen-bond donors (Lipinski definition) is 0. The van der Waals surface area contributed by atoms with Gasteiger partial charge < -0.3 is 9.42 Å². The molecule has 7 nitrogen and oxygen atoms in total. The quantitative estimate of drug-likeness (QED) is 0.743. The van der Waals surface area contributed by atoms with Gasteiger partial charge in [-0.1, -0.05) is 35.5 Å². The highest BCUT2D eigenvalue weighted by Gasteiger charge is 2.38. The third kappa shape index (κ3) is 4.78. The second-order valence-corrected chi connectivity index (χ2v) is 5.40. The van der Waals surface area contributed by atoms with Crippen molar-refractivity contribution >= 4 is 11.5 Å². The summed E-state index contributed by atoms with van der Waals surface area (Å²) < 4.78 is 43.4. The zero-order chi connectivity index (χ0) is 18.6. The molecule has 0 N–H and O–H groups in total. The molecule has 10 heteroatoms. The minimum Gasteiger partial charge on any atom is -0.346 e. The fourth-order valence-corrected chi connectivity index (χ4v) is 1.80. The summed E-state index contributed by atoms with van der Waals surface area (Å²) in [5, 5.41) is 7.60. The van der Waals surface area contributed by atoms with Gasteiger partial charge >= 0.3 is 12.1 Å². The van der Waals surface area contributed by atoms with Gasteiger partial charge in [0.2, 0.25) is 11.8 Å². The molecule has 134 valence electrons. The van der Waals surface area contributed by atoms with Gasteiger partial charge in [-0.25, -0.2) is 9.67 Å². The van der Waals surface area contributed by atoms with E-state index < -0.39 is 12.1 Å². The number of alkyl halides is 3. The van der Waals surface area contributed by atoms with Gasteiger partial charge in [-0.15, -0.1) is 5.10 Å². The van der Waals surface area contributed by atoms with Gasteiger partial charge in [0.1, 0.15) is 6.33 Å². The highest BCUT2D eigenvalue weighted by molar-refractivity contribution is 5.70. The first-order valence-corrected chi connectivity index (χ1v) is 7.18. The standard InChI is InChI=1S/C15H17F3N6O/c1-5-11(12-20-13(25-22-12)15(16,17)18)7-6-10(2)8-24-9-19-14(21-24)23(3)4/h5-7,9H,1,8H2,2-4H3/b10-6+,11-7+. The molecule has 0 aliphatic rings. The largest absolute Gasteiger partial charge is 0.471 e. The third-order valence-electron chi connectivity index (χ3n) is 3.03. The van der Waals surface area contributed by atoms with Crippen molar-refractivity contribution in [1.29, 1.82) is 0 Å². The second-order valence-electron chi connectivity index (χ2n) is 5.40. The van der Waals surface area contributed by atoms with E-state index in [1.165, 1.54) is 6.08 Å². The molecule has 0 aromatic carbocycles. The van der Waals surface area contributed by atoms with Crippen LogP contribution in [0.25, 0.3) is 5.57 Å². The van der Waals surface area contributed by atoms with Crippen LogP contribution >= 0.6 is 0 Å². The van der Waals surface area contributed by atoms with Crippen molar-refractivity contribution < 1.29 is 17.7 Å². The van der Waals surface area contributed by atoms with Gasteiger partial charge in [0.15, 0.2) is 0 Å². The zero-order valence-electron chi connectivity index (χ0n) is 13.9. The fourth-order valence-electron chi connectivity index (χ4n) is 1.80. The normalized spacial score (nSPS) is 13.2. The average molecular weight is 354 g/mol. The van der Waals surface area contributed by atoms with Crippen LogP contribution in [-0.4, -0.2) is 39.0 Å². The van der Waals surface area contributed by atoms with Gasteiger partial charge in [-0.3, -0.25) is 0 Å². The summed E-state index contributed by atoms with van der Waals surface area (Å²) in [6.07, 6.45) is 1.56. The molecule has 0 radical (unpaired) electrons. The van der Waals surface area contributed by atoms with E-state index in [1.54, 1.807) is 28.1 Å². The Kier molecular flexibility index (Phi) is 5.40. The molecule has 2 heterocycles. The van der Waals surface area contributed by atoms with E-state index in [0.29, 0.717) is 18.1 Å². The van der Waals surface area contributed by atoms with Gasteiger partial charge in [0.25, 0.3) is 0 Å². The van der Waals surface area contributed by atoms with Crippen LogP contribution in [0.5, 0.6) is 0 Å². The molecule has 2 aromatic rings. The highest BCUT2D eigenvalue weighted by Crippen LogP contribution is 2.28. The summed E-state index contributed by atoms with van der Waals surface area (Å²) in [7, 11) is 3.67. The maximum absolute atomic E-state index is 12.5. The topological polar surface area (TPSA) is 72.9 Å². The monoisotopic (exact) mass is 354 g/mol. The molecule has 0 fully saturated rings. The van der Waals surface area contributed by atoms with E-state index in [-0.39, 0.29) is 5.82 Å². The predicted molar refractivity (Wildman–Crippen MR) is 85.6 cm³/mol. The fraction of sp³-hybridized carbons (Fsp3) is 0.333. The predicted octanol–water partition coefficient (Wildman–Crippen LogP) is 2.96. The molecule has 0 aliphatic heterocycles. The summed E-state index contributed by atoms with van der Waals surface area (Å²) in [6.45, 7) is 5.89. The zero-order valence-corrected chi connectivity index (χ0v) is 13.9. The summed E-state index contributed by atoms with van der Waals surface area (Å²) in [5.41, 5.74) is 1.21. The number of aromatic nitrogens is 5. The number of rotatable bonds is 6. The first kappa shape index (κ1) is 18.4. The van der Waals surface area contributed by atoms with Crippen LogP contribution in [0.3, 0.4) is 0 Å². The van der Waals surface area contributed by atoms with Crippen molar-refractivity contribution in [2.45, 2.75) is 19.6 Å². The number of nitrogens with zero attached hydrogens (tertiary/aromatic N) is 6. The molecular weight excluding hydrogens is 337 g/mol. The van der Waals surface area contributed by atoms with Crippen LogP contribution in [0.2, 0.25) is 0 Å². The summed E-state index contributed by atoms with van der Waals surface area (Å²) >= 11 is 0. The molecule has 0 bridgehead atoms. The Morgan fingerprint density at radius 1 is 1.36 bits per heavy atom. The molecule has 2 aromatic heterocycles. The Bertz CT molecular complexity index is 800. The average Bonchev–Trinajstić information content (AvgIpc) is 3.16. The lowest BCUT2D eigenvalue weighted by molar-refractivity contribution is -0.159. The number of halogens is 3. The number of hydrogen-bond acceptors (Lipinski definition) is 6. The van der Waals surface area contributed by atoms with Gasteiger partial charge in [0.05, 0.1) is 6.54 Å². The van der Waals surface area contributed by atoms with E-state index in [1.807, 2.05) is 21.0 Å². The van der Waals surface area contributed by atoms with Crippen molar-refractivity contribution in [3.63, 3.8) is 0 Å². The molecular formula is C15H17F3N6O. The van der Waals surface area contributed by atoms with Crippen LogP contribution in [0.4, 0.5) is 19.1 Å². The lowest BCUT2D eigenvalue weighted by Gasteiger charge is -2.05. The molecule has 0 unspecified atom stereocenters. The van der Waals surface area contributed by atoms with E-state index in [9.17, 15) is 13.2 Å². The molecule has 0 aliphatic carbocycles. The van der Waals surface area contributed by atoms with Crippen molar-refractivity contribution in [2.24, 2.45) is 0 Å². The maximum Gasteiger partial charge on any atom is 0.471 e. The van der Waals surface area contributed by atoms with Gasteiger partial charge in [-0.05, 0) is 6.92 Å². The van der Waals surface area contributed by atoms with Gasteiger partial charge in [-0.2, -0.15) is 18.2 Å². The molecule has 0 amide bonds. The van der Waals surface area contributed by atoms with E-state index >= 15 is 0 Å². The van der Waals surface area contributed by atoms with Crippen molar-refractivity contribution in [3.05, 3.63) is 48.4 Å². The van der Waals surface area contributed by atoms with Crippen molar-refractivity contribution in [3.8, 4) is 0 Å². The summed E-state index contributed by atoms with van der Waals surface area (Å²) in [4.78, 5) is 9.24. The van der Waals surface area contributed by atoms with E-state index in [4.69, 9.17) is 0 Å². The summed E-state index contributed by atoms with van der Waals surface area (Å²) in [5.74, 6) is -0.988. The molecule has 25 heavy (non-hydrogen) atoms. The van der Waals surface area contributed by atoms with Gasteiger partial charge in [0, 0.05) is 19.7 Å².